The molecule has 0 spiro atoms. The number of benzene rings is 2. The molecule has 5 heteroatoms. The number of nitrogens with one attached hydrogen (secondary N) is 1. The van der Waals surface area contributed by atoms with E-state index in [1.165, 1.54) is 5.56 Å². The number of hydrogen-bond acceptors (Lipinski definition) is 3. The average molecular weight is 305 g/mol. The number of hydrogen-bond donors (Lipinski definition) is 1. The van der Waals surface area contributed by atoms with Gasteiger partial charge in [-0.25, -0.2) is 0 Å². The van der Waals surface area contributed by atoms with Crippen LogP contribution in [0.15, 0.2) is 42.5 Å². The predicted molar refractivity (Wildman–Crippen MR) is 84.7 cm³/mol. The number of halogens is 1. The van der Waals surface area contributed by atoms with Gasteiger partial charge in [0.2, 0.25) is 0 Å². The first-order chi connectivity index (χ1) is 10.1. The Morgan fingerprint density at radius 3 is 2.57 bits per heavy atom. The smallest absolute Gasteiger partial charge is 0.273 e. The Morgan fingerprint density at radius 2 is 1.90 bits per heavy atom. The highest BCUT2D eigenvalue weighted by Gasteiger charge is 2.12. The van der Waals surface area contributed by atoms with Crippen molar-refractivity contribution in [1.82, 2.24) is 5.32 Å². The van der Waals surface area contributed by atoms with Crippen LogP contribution in [0, 0.1) is 17.0 Å². The Balaban J connectivity index is 1.90. The van der Waals surface area contributed by atoms with Crippen LogP contribution in [0.2, 0.25) is 5.02 Å². The molecular formula is C16H17ClN2O2. The van der Waals surface area contributed by atoms with Crippen molar-refractivity contribution in [3.05, 3.63) is 74.3 Å². The number of nitrogens with zero attached hydrogens (tertiary/aromatic N) is 1. The van der Waals surface area contributed by atoms with E-state index in [2.05, 4.69) is 5.32 Å². The van der Waals surface area contributed by atoms with Crippen LogP contribution in [0.4, 0.5) is 5.69 Å². The molecule has 0 aromatic heterocycles. The van der Waals surface area contributed by atoms with Crippen LogP contribution in [-0.2, 0) is 13.0 Å². The molecule has 0 bridgehead atoms. The highest BCUT2D eigenvalue weighted by atomic mass is 35.5. The third-order valence-electron chi connectivity index (χ3n) is 3.25. The van der Waals surface area contributed by atoms with Gasteiger partial charge in [-0.2, -0.15) is 0 Å². The summed E-state index contributed by atoms with van der Waals surface area (Å²) in [6.45, 7) is 3.18. The summed E-state index contributed by atoms with van der Waals surface area (Å²) < 4.78 is 0. The first kappa shape index (κ1) is 15.5. The standard InChI is InChI=1S/C16H17ClN2O2/c1-12-2-7-16(19(20)21)14(10-12)11-18-9-8-13-3-5-15(17)6-4-13/h2-7,10,18H,8-9,11H2,1H3. The van der Waals surface area contributed by atoms with Crippen molar-refractivity contribution in [1.29, 1.82) is 0 Å². The third kappa shape index (κ3) is 4.55. The minimum Gasteiger partial charge on any atom is -0.312 e. The molecule has 0 aliphatic heterocycles. The first-order valence-corrected chi connectivity index (χ1v) is 7.13. The van der Waals surface area contributed by atoms with Gasteiger partial charge in [-0.05, 0) is 43.7 Å². The van der Waals surface area contributed by atoms with Crippen LogP contribution in [0.5, 0.6) is 0 Å². The molecule has 0 aliphatic carbocycles. The molecule has 0 saturated carbocycles. The van der Waals surface area contributed by atoms with Crippen LogP contribution in [0.1, 0.15) is 16.7 Å². The molecule has 2 rings (SSSR count). The van der Waals surface area contributed by atoms with Crippen molar-refractivity contribution in [3.8, 4) is 0 Å². The van der Waals surface area contributed by atoms with Gasteiger partial charge in [0.15, 0.2) is 0 Å². The molecule has 1 N–H and O–H groups in total. The van der Waals surface area contributed by atoms with Gasteiger partial charge in [0.1, 0.15) is 0 Å². The Bertz CT molecular complexity index is 627. The lowest BCUT2D eigenvalue weighted by Gasteiger charge is -2.07. The van der Waals surface area contributed by atoms with Gasteiger partial charge in [0, 0.05) is 23.2 Å². The van der Waals surface area contributed by atoms with Crippen molar-refractivity contribution < 1.29 is 4.92 Å². The highest BCUT2D eigenvalue weighted by molar-refractivity contribution is 6.30. The molecule has 0 amide bonds. The fourth-order valence-electron chi connectivity index (χ4n) is 2.14. The zero-order valence-electron chi connectivity index (χ0n) is 11.8. The minimum absolute atomic E-state index is 0.166. The number of nitro benzene ring substituents is 1. The van der Waals surface area contributed by atoms with Crippen LogP contribution in [0.25, 0.3) is 0 Å². The van der Waals surface area contributed by atoms with Gasteiger partial charge in [0.05, 0.1) is 4.92 Å². The molecule has 4 nitrogen and oxygen atoms in total. The monoisotopic (exact) mass is 304 g/mol. The summed E-state index contributed by atoms with van der Waals surface area (Å²) in [7, 11) is 0. The molecule has 0 atom stereocenters. The van der Waals surface area contributed by atoms with E-state index < -0.39 is 0 Å². The summed E-state index contributed by atoms with van der Waals surface area (Å²) in [5, 5.41) is 15.0. The predicted octanol–water partition coefficient (Wildman–Crippen LogP) is 3.89. The maximum Gasteiger partial charge on any atom is 0.273 e. The quantitative estimate of drug-likeness (QED) is 0.500. The first-order valence-electron chi connectivity index (χ1n) is 6.75. The van der Waals surface area contributed by atoms with Crippen molar-refractivity contribution >= 4 is 17.3 Å². The number of aryl methyl sites for hydroxylation is 1. The van der Waals surface area contributed by atoms with E-state index in [0.717, 1.165) is 29.1 Å². The topological polar surface area (TPSA) is 55.2 Å². The fourth-order valence-corrected chi connectivity index (χ4v) is 2.27. The van der Waals surface area contributed by atoms with Crippen molar-refractivity contribution in [2.75, 3.05) is 6.54 Å². The third-order valence-corrected chi connectivity index (χ3v) is 3.50. The number of rotatable bonds is 6. The SMILES string of the molecule is Cc1ccc([N+](=O)[O-])c(CNCCc2ccc(Cl)cc2)c1. The van der Waals surface area contributed by atoms with Gasteiger partial charge in [-0.15, -0.1) is 0 Å². The second-order valence-electron chi connectivity index (χ2n) is 4.94. The van der Waals surface area contributed by atoms with E-state index >= 15 is 0 Å². The van der Waals surface area contributed by atoms with Crippen molar-refractivity contribution in [3.63, 3.8) is 0 Å². The van der Waals surface area contributed by atoms with Gasteiger partial charge in [0.25, 0.3) is 5.69 Å². The molecule has 0 heterocycles. The maximum atomic E-state index is 11.0. The van der Waals surface area contributed by atoms with E-state index in [-0.39, 0.29) is 10.6 Å². The van der Waals surface area contributed by atoms with Crippen LogP contribution in [0.3, 0.4) is 0 Å². The lowest BCUT2D eigenvalue weighted by atomic mass is 10.1. The van der Waals surface area contributed by atoms with Crippen molar-refractivity contribution in [2.24, 2.45) is 0 Å². The summed E-state index contributed by atoms with van der Waals surface area (Å²) in [6.07, 6.45) is 0.858. The van der Waals surface area contributed by atoms with Crippen LogP contribution >= 0.6 is 11.6 Å². The Morgan fingerprint density at radius 1 is 1.19 bits per heavy atom. The van der Waals surface area contributed by atoms with E-state index in [1.54, 1.807) is 12.1 Å². The lowest BCUT2D eigenvalue weighted by Crippen LogP contribution is -2.17. The Hall–Kier alpha value is -1.91. The van der Waals surface area contributed by atoms with E-state index in [9.17, 15) is 10.1 Å². The lowest BCUT2D eigenvalue weighted by molar-refractivity contribution is -0.385. The molecule has 2 aromatic rings. The van der Waals surface area contributed by atoms with E-state index in [4.69, 9.17) is 11.6 Å². The largest absolute Gasteiger partial charge is 0.312 e. The normalized spacial score (nSPS) is 10.6. The van der Waals surface area contributed by atoms with Gasteiger partial charge < -0.3 is 5.32 Å². The molecule has 110 valence electrons. The number of nitro groups is 1. The fraction of sp³-hybridized carbons (Fsp3) is 0.250. The Kier molecular flexibility index (Phi) is 5.31. The molecule has 21 heavy (non-hydrogen) atoms. The summed E-state index contributed by atoms with van der Waals surface area (Å²) in [4.78, 5) is 10.6. The molecule has 0 aliphatic rings. The summed E-state index contributed by atoms with van der Waals surface area (Å²) in [5.74, 6) is 0. The molecular weight excluding hydrogens is 288 g/mol. The van der Waals surface area contributed by atoms with Crippen LogP contribution < -0.4 is 5.32 Å². The average Bonchev–Trinajstić information content (AvgIpc) is 2.45. The highest BCUT2D eigenvalue weighted by Crippen LogP contribution is 2.19. The van der Waals surface area contributed by atoms with Crippen molar-refractivity contribution in [2.45, 2.75) is 19.9 Å². The Labute approximate surface area is 128 Å². The maximum absolute atomic E-state index is 11.0. The van der Waals surface area contributed by atoms with E-state index in [1.807, 2.05) is 37.3 Å². The zero-order chi connectivity index (χ0) is 15.2. The van der Waals surface area contributed by atoms with E-state index in [0.29, 0.717) is 6.54 Å². The molecule has 0 saturated heterocycles. The zero-order valence-corrected chi connectivity index (χ0v) is 12.6. The summed E-state index contributed by atoms with van der Waals surface area (Å²) in [5.41, 5.74) is 3.09. The summed E-state index contributed by atoms with van der Waals surface area (Å²) in [6, 6.07) is 12.9. The molecule has 0 fully saturated rings. The van der Waals surface area contributed by atoms with Gasteiger partial charge in [-0.3, -0.25) is 10.1 Å². The molecule has 0 radical (unpaired) electrons. The molecule has 0 unspecified atom stereocenters. The molecule has 2 aromatic carbocycles. The van der Waals surface area contributed by atoms with Gasteiger partial charge >= 0.3 is 0 Å². The minimum atomic E-state index is -0.338. The second-order valence-corrected chi connectivity index (χ2v) is 5.38. The van der Waals surface area contributed by atoms with Gasteiger partial charge in [-0.1, -0.05) is 35.4 Å². The van der Waals surface area contributed by atoms with Crippen LogP contribution in [-0.4, -0.2) is 11.5 Å². The second kappa shape index (κ2) is 7.20. The summed E-state index contributed by atoms with van der Waals surface area (Å²) >= 11 is 5.84.